The van der Waals surface area contributed by atoms with Crippen molar-refractivity contribution in [3.05, 3.63) is 59.7 Å². The molecule has 2 aromatic rings. The number of carbonyl (C=O) groups excluding carboxylic acids is 3. The van der Waals surface area contributed by atoms with E-state index in [1.54, 1.807) is 20.8 Å². The third kappa shape index (κ3) is 6.34. The maximum Gasteiger partial charge on any atom is 0.407 e. The summed E-state index contributed by atoms with van der Waals surface area (Å²) in [5.74, 6) is -1.02. The fraction of sp³-hybridized carbons (Fsp3) is 0.423. The Hall–Kier alpha value is -3.35. The number of esters is 2. The average Bonchev–Trinajstić information content (AvgIpc) is 3.09. The monoisotopic (exact) mass is 453 g/mol. The quantitative estimate of drug-likeness (QED) is 0.465. The van der Waals surface area contributed by atoms with Gasteiger partial charge in [0.1, 0.15) is 18.2 Å². The Morgan fingerprint density at radius 1 is 0.970 bits per heavy atom. The zero-order valence-electron chi connectivity index (χ0n) is 19.6. The molecular formula is C26H31NO6. The molecule has 0 bridgehead atoms. The highest BCUT2D eigenvalue weighted by Gasteiger charge is 2.30. The lowest BCUT2D eigenvalue weighted by Gasteiger charge is -2.20. The summed E-state index contributed by atoms with van der Waals surface area (Å²) in [5.41, 5.74) is 3.91. The number of hydrogen-bond acceptors (Lipinski definition) is 6. The Kier molecular flexibility index (Phi) is 7.74. The van der Waals surface area contributed by atoms with Crippen LogP contribution in [-0.4, -0.2) is 43.4 Å². The second-order valence-corrected chi connectivity index (χ2v) is 9.02. The van der Waals surface area contributed by atoms with E-state index in [1.165, 1.54) is 7.11 Å². The average molecular weight is 454 g/mol. The number of ether oxygens (including phenoxy) is 3. The fourth-order valence-corrected chi connectivity index (χ4v) is 4.02. The minimum atomic E-state index is -0.909. The van der Waals surface area contributed by atoms with Gasteiger partial charge in [0.2, 0.25) is 0 Å². The molecule has 0 aliphatic heterocycles. The molecule has 0 fully saturated rings. The Balaban J connectivity index is 1.57. The van der Waals surface area contributed by atoms with Gasteiger partial charge in [0.25, 0.3) is 0 Å². The van der Waals surface area contributed by atoms with Gasteiger partial charge in [-0.1, -0.05) is 48.5 Å². The molecule has 1 atom stereocenters. The van der Waals surface area contributed by atoms with Gasteiger partial charge in [-0.25, -0.2) is 9.59 Å². The molecule has 0 heterocycles. The van der Waals surface area contributed by atoms with Gasteiger partial charge in [-0.3, -0.25) is 4.79 Å². The van der Waals surface area contributed by atoms with Crippen molar-refractivity contribution in [3.63, 3.8) is 0 Å². The topological polar surface area (TPSA) is 90.9 Å². The SMILES string of the molecule is COC(=O)[C@H](CCCC(=O)OC(C)(C)C)NC(=O)OCC1c2ccccc2-c2ccccc21. The summed E-state index contributed by atoms with van der Waals surface area (Å²) in [5, 5.41) is 2.57. The van der Waals surface area contributed by atoms with Crippen molar-refractivity contribution in [3.8, 4) is 11.1 Å². The van der Waals surface area contributed by atoms with Gasteiger partial charge in [0.15, 0.2) is 0 Å². The van der Waals surface area contributed by atoms with E-state index in [0.717, 1.165) is 22.3 Å². The molecule has 1 aliphatic rings. The van der Waals surface area contributed by atoms with E-state index >= 15 is 0 Å². The minimum Gasteiger partial charge on any atom is -0.467 e. The molecule has 1 amide bonds. The van der Waals surface area contributed by atoms with Crippen LogP contribution in [0.25, 0.3) is 11.1 Å². The maximum atomic E-state index is 12.5. The van der Waals surface area contributed by atoms with Crippen molar-refractivity contribution < 1.29 is 28.6 Å². The molecule has 1 aliphatic carbocycles. The van der Waals surface area contributed by atoms with E-state index in [1.807, 2.05) is 36.4 Å². The Bertz CT molecular complexity index is 964. The van der Waals surface area contributed by atoms with Gasteiger partial charge in [-0.2, -0.15) is 0 Å². The first-order valence-corrected chi connectivity index (χ1v) is 11.1. The molecule has 1 N–H and O–H groups in total. The van der Waals surface area contributed by atoms with Gasteiger partial charge in [0.05, 0.1) is 7.11 Å². The molecule has 0 saturated carbocycles. The number of fused-ring (bicyclic) bond motifs is 3. The first kappa shape index (κ1) is 24.3. The van der Waals surface area contributed by atoms with E-state index in [-0.39, 0.29) is 31.3 Å². The second kappa shape index (κ2) is 10.5. The standard InChI is InChI=1S/C26H31NO6/c1-26(2,3)33-23(28)15-9-14-22(24(29)31-4)27-25(30)32-16-21-19-12-7-5-10-17(19)18-11-6-8-13-20(18)21/h5-8,10-13,21-22H,9,14-16H2,1-4H3,(H,27,30)/t22-/m0/s1. The number of alkyl carbamates (subject to hydrolysis) is 1. The number of amides is 1. The van der Waals surface area contributed by atoms with Crippen LogP contribution in [0.15, 0.2) is 48.5 Å². The number of methoxy groups -OCH3 is 1. The van der Waals surface area contributed by atoms with Gasteiger partial charge in [-0.15, -0.1) is 0 Å². The normalized spacial score (nSPS) is 13.5. The largest absolute Gasteiger partial charge is 0.467 e. The summed E-state index contributed by atoms with van der Waals surface area (Å²) in [6.45, 7) is 5.52. The second-order valence-electron chi connectivity index (χ2n) is 9.02. The van der Waals surface area contributed by atoms with Crippen molar-refractivity contribution in [2.45, 2.75) is 57.6 Å². The van der Waals surface area contributed by atoms with Crippen LogP contribution in [0.1, 0.15) is 57.1 Å². The highest BCUT2D eigenvalue weighted by Crippen LogP contribution is 2.44. The van der Waals surface area contributed by atoms with Crippen LogP contribution < -0.4 is 5.32 Å². The van der Waals surface area contributed by atoms with Gasteiger partial charge in [0, 0.05) is 12.3 Å². The first-order valence-electron chi connectivity index (χ1n) is 11.1. The highest BCUT2D eigenvalue weighted by atomic mass is 16.6. The van der Waals surface area contributed by atoms with Crippen molar-refractivity contribution in [2.24, 2.45) is 0 Å². The van der Waals surface area contributed by atoms with Crippen molar-refractivity contribution in [2.75, 3.05) is 13.7 Å². The predicted octanol–water partition coefficient (Wildman–Crippen LogP) is 4.58. The smallest absolute Gasteiger partial charge is 0.407 e. The summed E-state index contributed by atoms with van der Waals surface area (Å²) in [7, 11) is 1.25. The van der Waals surface area contributed by atoms with Crippen LogP contribution in [0.3, 0.4) is 0 Å². The number of carbonyl (C=O) groups is 3. The molecule has 0 spiro atoms. The summed E-state index contributed by atoms with van der Waals surface area (Å²) in [6.07, 6.45) is 0.0236. The van der Waals surface area contributed by atoms with Crippen LogP contribution in [-0.2, 0) is 23.8 Å². The number of rotatable bonds is 8. The Morgan fingerprint density at radius 2 is 1.55 bits per heavy atom. The number of nitrogens with one attached hydrogen (secondary N) is 1. The first-order chi connectivity index (χ1) is 15.7. The summed E-state index contributed by atoms with van der Waals surface area (Å²) in [4.78, 5) is 36.5. The van der Waals surface area contributed by atoms with Crippen LogP contribution in [0, 0.1) is 0 Å². The van der Waals surface area contributed by atoms with Crippen molar-refractivity contribution in [1.82, 2.24) is 5.32 Å². The summed E-state index contributed by atoms with van der Waals surface area (Å²) in [6, 6.07) is 15.2. The van der Waals surface area contributed by atoms with E-state index in [2.05, 4.69) is 17.4 Å². The Labute approximate surface area is 194 Å². The van der Waals surface area contributed by atoms with Crippen molar-refractivity contribution >= 4 is 18.0 Å². The van der Waals surface area contributed by atoms with Crippen LogP contribution in [0.4, 0.5) is 4.79 Å². The highest BCUT2D eigenvalue weighted by molar-refractivity contribution is 5.82. The van der Waals surface area contributed by atoms with Gasteiger partial charge in [-0.05, 0) is 55.9 Å². The lowest BCUT2D eigenvalue weighted by Crippen LogP contribution is -2.42. The molecule has 7 heteroatoms. The summed E-state index contributed by atoms with van der Waals surface area (Å²) < 4.78 is 15.6. The number of hydrogen-bond donors (Lipinski definition) is 1. The predicted molar refractivity (Wildman–Crippen MR) is 124 cm³/mol. The van der Waals surface area contributed by atoms with Gasteiger partial charge < -0.3 is 19.5 Å². The minimum absolute atomic E-state index is 0.0769. The lowest BCUT2D eigenvalue weighted by atomic mass is 9.98. The zero-order valence-corrected chi connectivity index (χ0v) is 19.6. The molecule has 3 rings (SSSR count). The third-order valence-corrected chi connectivity index (χ3v) is 5.42. The molecule has 7 nitrogen and oxygen atoms in total. The Morgan fingerprint density at radius 3 is 2.09 bits per heavy atom. The van der Waals surface area contributed by atoms with Gasteiger partial charge >= 0.3 is 18.0 Å². The zero-order chi connectivity index (χ0) is 24.0. The third-order valence-electron chi connectivity index (χ3n) is 5.42. The van der Waals surface area contributed by atoms with E-state index < -0.39 is 23.7 Å². The van der Waals surface area contributed by atoms with E-state index in [4.69, 9.17) is 14.2 Å². The van der Waals surface area contributed by atoms with Crippen molar-refractivity contribution in [1.29, 1.82) is 0 Å². The maximum absolute atomic E-state index is 12.5. The van der Waals surface area contributed by atoms with E-state index in [0.29, 0.717) is 6.42 Å². The van der Waals surface area contributed by atoms with Crippen LogP contribution >= 0.6 is 0 Å². The molecule has 0 saturated heterocycles. The molecule has 176 valence electrons. The lowest BCUT2D eigenvalue weighted by molar-refractivity contribution is -0.155. The van der Waals surface area contributed by atoms with Crippen LogP contribution in [0.5, 0.6) is 0 Å². The molecule has 2 aromatic carbocycles. The molecule has 0 aromatic heterocycles. The fourth-order valence-electron chi connectivity index (χ4n) is 4.02. The molecule has 0 radical (unpaired) electrons. The summed E-state index contributed by atoms with van der Waals surface area (Å²) >= 11 is 0. The van der Waals surface area contributed by atoms with E-state index in [9.17, 15) is 14.4 Å². The molecular weight excluding hydrogens is 422 g/mol. The molecule has 0 unspecified atom stereocenters. The number of benzene rings is 2. The molecule has 33 heavy (non-hydrogen) atoms. The van der Waals surface area contributed by atoms with Crippen LogP contribution in [0.2, 0.25) is 0 Å².